The maximum absolute atomic E-state index is 5.32. The zero-order valence-electron chi connectivity index (χ0n) is 7.15. The average molecular weight is 175 g/mol. The summed E-state index contributed by atoms with van der Waals surface area (Å²) in [5, 5.41) is 0.829. The van der Waals surface area contributed by atoms with E-state index < -0.39 is 0 Å². The number of aryl methyl sites for hydroxylation is 1. The first-order chi connectivity index (χ1) is 6.31. The normalized spacial score (nSPS) is 10.3. The first-order valence-electron chi connectivity index (χ1n) is 3.86. The van der Waals surface area contributed by atoms with Gasteiger partial charge in [0, 0.05) is 12.4 Å². The molecule has 0 amide bonds. The quantitative estimate of drug-likeness (QED) is 0.490. The molecule has 0 aliphatic rings. The SMILES string of the molecule is Cc1nc(NN)c2cnccc2n1. The Hall–Kier alpha value is -1.75. The Labute approximate surface area is 75.0 Å². The fourth-order valence-corrected chi connectivity index (χ4v) is 1.20. The number of aromatic nitrogens is 3. The fourth-order valence-electron chi connectivity index (χ4n) is 1.20. The van der Waals surface area contributed by atoms with Crippen molar-refractivity contribution in [2.75, 3.05) is 5.43 Å². The summed E-state index contributed by atoms with van der Waals surface area (Å²) < 4.78 is 0. The molecule has 5 heteroatoms. The lowest BCUT2D eigenvalue weighted by Crippen LogP contribution is -2.10. The van der Waals surface area contributed by atoms with E-state index in [9.17, 15) is 0 Å². The van der Waals surface area contributed by atoms with Gasteiger partial charge in [-0.1, -0.05) is 0 Å². The number of hydrazine groups is 1. The molecule has 0 unspecified atom stereocenters. The number of rotatable bonds is 1. The van der Waals surface area contributed by atoms with Crippen LogP contribution in [0, 0.1) is 6.92 Å². The molecule has 0 atom stereocenters. The van der Waals surface area contributed by atoms with E-state index >= 15 is 0 Å². The predicted octanol–water partition coefficient (Wildman–Crippen LogP) is 0.619. The molecule has 0 saturated carbocycles. The highest BCUT2D eigenvalue weighted by Crippen LogP contribution is 2.17. The molecule has 0 fully saturated rings. The van der Waals surface area contributed by atoms with Crippen molar-refractivity contribution in [1.82, 2.24) is 15.0 Å². The standard InChI is InChI=1S/C8H9N5/c1-5-11-7-2-3-10-4-6(7)8(12-5)13-9/h2-4H,9H2,1H3,(H,11,12,13). The predicted molar refractivity (Wildman–Crippen MR) is 49.9 cm³/mol. The minimum atomic E-state index is 0.607. The first kappa shape index (κ1) is 7.88. The maximum Gasteiger partial charge on any atom is 0.153 e. The van der Waals surface area contributed by atoms with E-state index in [0.717, 1.165) is 10.9 Å². The molecule has 3 N–H and O–H groups in total. The van der Waals surface area contributed by atoms with Crippen LogP contribution >= 0.6 is 0 Å². The molecular formula is C8H9N5. The number of nitrogens with one attached hydrogen (secondary N) is 1. The monoisotopic (exact) mass is 175 g/mol. The van der Waals surface area contributed by atoms with Crippen LogP contribution in [0.15, 0.2) is 18.5 Å². The van der Waals surface area contributed by atoms with Gasteiger partial charge in [-0.3, -0.25) is 4.98 Å². The zero-order chi connectivity index (χ0) is 9.26. The number of nitrogens with two attached hydrogens (primary N) is 1. The highest BCUT2D eigenvalue weighted by Gasteiger charge is 2.02. The van der Waals surface area contributed by atoms with Crippen LogP contribution in [0.1, 0.15) is 5.82 Å². The van der Waals surface area contributed by atoms with Gasteiger partial charge in [0.25, 0.3) is 0 Å². The van der Waals surface area contributed by atoms with Crippen molar-refractivity contribution in [2.24, 2.45) is 5.84 Å². The Balaban J connectivity index is 2.81. The highest BCUT2D eigenvalue weighted by atomic mass is 15.3. The van der Waals surface area contributed by atoms with Crippen LogP contribution < -0.4 is 11.3 Å². The molecule has 2 heterocycles. The third-order valence-corrected chi connectivity index (χ3v) is 1.75. The van der Waals surface area contributed by atoms with E-state index in [0.29, 0.717) is 11.6 Å². The second kappa shape index (κ2) is 2.95. The molecule has 0 spiro atoms. The Morgan fingerprint density at radius 2 is 2.23 bits per heavy atom. The van der Waals surface area contributed by atoms with Crippen LogP contribution in [-0.4, -0.2) is 15.0 Å². The van der Waals surface area contributed by atoms with Gasteiger partial charge in [-0.05, 0) is 13.0 Å². The summed E-state index contributed by atoms with van der Waals surface area (Å²) in [5.74, 6) is 6.61. The van der Waals surface area contributed by atoms with Crippen molar-refractivity contribution in [2.45, 2.75) is 6.92 Å². The summed E-state index contributed by atoms with van der Waals surface area (Å²) in [5.41, 5.74) is 3.36. The number of anilines is 1. The third kappa shape index (κ3) is 1.29. The molecule has 0 bridgehead atoms. The molecule has 0 aromatic carbocycles. The van der Waals surface area contributed by atoms with Gasteiger partial charge in [0.2, 0.25) is 0 Å². The van der Waals surface area contributed by atoms with E-state index in [1.54, 1.807) is 12.4 Å². The van der Waals surface area contributed by atoms with E-state index in [1.807, 2.05) is 13.0 Å². The maximum atomic E-state index is 5.32. The summed E-state index contributed by atoms with van der Waals surface area (Å²) in [4.78, 5) is 12.3. The van der Waals surface area contributed by atoms with Gasteiger partial charge in [0.15, 0.2) is 5.82 Å². The summed E-state index contributed by atoms with van der Waals surface area (Å²) in [6.45, 7) is 1.82. The molecule has 0 aliphatic heterocycles. The molecule has 2 aromatic rings. The fraction of sp³-hybridized carbons (Fsp3) is 0.125. The number of nitrogens with zero attached hydrogens (tertiary/aromatic N) is 3. The van der Waals surface area contributed by atoms with Gasteiger partial charge in [0.05, 0.1) is 10.9 Å². The van der Waals surface area contributed by atoms with Crippen molar-refractivity contribution in [3.8, 4) is 0 Å². The van der Waals surface area contributed by atoms with Crippen molar-refractivity contribution in [3.63, 3.8) is 0 Å². The van der Waals surface area contributed by atoms with Gasteiger partial charge in [-0.25, -0.2) is 15.8 Å². The van der Waals surface area contributed by atoms with Crippen LogP contribution in [0.5, 0.6) is 0 Å². The number of pyridine rings is 1. The smallest absolute Gasteiger partial charge is 0.153 e. The van der Waals surface area contributed by atoms with Gasteiger partial charge >= 0.3 is 0 Å². The van der Waals surface area contributed by atoms with Gasteiger partial charge in [0.1, 0.15) is 5.82 Å². The van der Waals surface area contributed by atoms with Crippen LogP contribution in [-0.2, 0) is 0 Å². The Kier molecular flexibility index (Phi) is 1.79. The molecule has 66 valence electrons. The van der Waals surface area contributed by atoms with Crippen molar-refractivity contribution < 1.29 is 0 Å². The van der Waals surface area contributed by atoms with Crippen LogP contribution in [0.25, 0.3) is 10.9 Å². The van der Waals surface area contributed by atoms with Crippen molar-refractivity contribution in [1.29, 1.82) is 0 Å². The average Bonchev–Trinajstić information content (AvgIpc) is 2.16. The Morgan fingerprint density at radius 3 is 3.00 bits per heavy atom. The van der Waals surface area contributed by atoms with Crippen LogP contribution in [0.3, 0.4) is 0 Å². The van der Waals surface area contributed by atoms with Gasteiger partial charge in [-0.2, -0.15) is 0 Å². The molecule has 0 radical (unpaired) electrons. The molecule has 2 rings (SSSR count). The lowest BCUT2D eigenvalue weighted by Gasteiger charge is -2.04. The second-order valence-electron chi connectivity index (χ2n) is 2.66. The molecule has 0 aliphatic carbocycles. The van der Waals surface area contributed by atoms with Gasteiger partial charge < -0.3 is 5.43 Å². The molecule has 13 heavy (non-hydrogen) atoms. The van der Waals surface area contributed by atoms with Crippen LogP contribution in [0.2, 0.25) is 0 Å². The Morgan fingerprint density at radius 1 is 1.38 bits per heavy atom. The van der Waals surface area contributed by atoms with E-state index in [2.05, 4.69) is 20.4 Å². The largest absolute Gasteiger partial charge is 0.308 e. The minimum Gasteiger partial charge on any atom is -0.308 e. The van der Waals surface area contributed by atoms with E-state index in [1.165, 1.54) is 0 Å². The number of hydrogen-bond donors (Lipinski definition) is 2. The topological polar surface area (TPSA) is 76.7 Å². The number of fused-ring (bicyclic) bond motifs is 1. The molecule has 0 saturated heterocycles. The van der Waals surface area contributed by atoms with Crippen molar-refractivity contribution in [3.05, 3.63) is 24.3 Å². The minimum absolute atomic E-state index is 0.607. The molecule has 2 aromatic heterocycles. The van der Waals surface area contributed by atoms with Gasteiger partial charge in [-0.15, -0.1) is 0 Å². The van der Waals surface area contributed by atoms with E-state index in [4.69, 9.17) is 5.84 Å². The number of nitrogen functional groups attached to an aromatic ring is 1. The molecular weight excluding hydrogens is 166 g/mol. The zero-order valence-corrected chi connectivity index (χ0v) is 7.15. The summed E-state index contributed by atoms with van der Waals surface area (Å²) in [6, 6.07) is 1.82. The first-order valence-corrected chi connectivity index (χ1v) is 3.86. The summed E-state index contributed by atoms with van der Waals surface area (Å²) in [6.07, 6.45) is 3.37. The second-order valence-corrected chi connectivity index (χ2v) is 2.66. The lowest BCUT2D eigenvalue weighted by atomic mass is 10.3. The van der Waals surface area contributed by atoms with Crippen molar-refractivity contribution >= 4 is 16.7 Å². The van der Waals surface area contributed by atoms with Crippen LogP contribution in [0.4, 0.5) is 5.82 Å². The number of hydrogen-bond acceptors (Lipinski definition) is 5. The Bertz CT molecular complexity index is 439. The summed E-state index contributed by atoms with van der Waals surface area (Å²) in [7, 11) is 0. The third-order valence-electron chi connectivity index (χ3n) is 1.75. The lowest BCUT2D eigenvalue weighted by molar-refractivity contribution is 1.07. The van der Waals surface area contributed by atoms with E-state index in [-0.39, 0.29) is 0 Å². The molecule has 5 nitrogen and oxygen atoms in total. The highest BCUT2D eigenvalue weighted by molar-refractivity contribution is 5.87. The summed E-state index contributed by atoms with van der Waals surface area (Å²) >= 11 is 0.